The van der Waals surface area contributed by atoms with Gasteiger partial charge < -0.3 is 10.6 Å². The van der Waals surface area contributed by atoms with Crippen LogP contribution in [0, 0.1) is 19.8 Å². The van der Waals surface area contributed by atoms with E-state index in [-0.39, 0.29) is 0 Å². The highest BCUT2D eigenvalue weighted by molar-refractivity contribution is 5.36. The lowest BCUT2D eigenvalue weighted by Gasteiger charge is -2.40. The monoisotopic (exact) mass is 289 g/mol. The Kier molecular flexibility index (Phi) is 5.80. The molecular formula is C18H31N3. The SMILES string of the molecule is Cc1cccc(C)c1C(CN)N1CCN(CC(C)C)CC1. The molecule has 0 radical (unpaired) electrons. The summed E-state index contributed by atoms with van der Waals surface area (Å²) in [5, 5.41) is 0. The van der Waals surface area contributed by atoms with Crippen LogP contribution in [-0.2, 0) is 0 Å². The van der Waals surface area contributed by atoms with Crippen LogP contribution in [0.1, 0.15) is 36.6 Å². The van der Waals surface area contributed by atoms with Gasteiger partial charge in [0.25, 0.3) is 0 Å². The van der Waals surface area contributed by atoms with Crippen LogP contribution < -0.4 is 5.73 Å². The number of piperazine rings is 1. The minimum absolute atomic E-state index is 0.368. The van der Waals surface area contributed by atoms with Crippen LogP contribution in [0.15, 0.2) is 18.2 Å². The van der Waals surface area contributed by atoms with Gasteiger partial charge in [-0.1, -0.05) is 32.0 Å². The van der Waals surface area contributed by atoms with Crippen LogP contribution in [0.2, 0.25) is 0 Å². The Morgan fingerprint density at radius 2 is 1.62 bits per heavy atom. The molecule has 0 saturated carbocycles. The minimum Gasteiger partial charge on any atom is -0.329 e. The summed E-state index contributed by atoms with van der Waals surface area (Å²) in [7, 11) is 0. The minimum atomic E-state index is 0.368. The van der Waals surface area contributed by atoms with E-state index in [2.05, 4.69) is 55.7 Å². The molecule has 1 aromatic rings. The van der Waals surface area contributed by atoms with E-state index in [9.17, 15) is 0 Å². The quantitative estimate of drug-likeness (QED) is 0.904. The largest absolute Gasteiger partial charge is 0.329 e. The van der Waals surface area contributed by atoms with Crippen LogP contribution in [0.4, 0.5) is 0 Å². The van der Waals surface area contributed by atoms with Gasteiger partial charge >= 0.3 is 0 Å². The maximum absolute atomic E-state index is 6.13. The lowest BCUT2D eigenvalue weighted by atomic mass is 9.94. The summed E-state index contributed by atoms with van der Waals surface area (Å²) in [6, 6.07) is 6.93. The van der Waals surface area contributed by atoms with Crippen molar-refractivity contribution in [3.63, 3.8) is 0 Å². The maximum Gasteiger partial charge on any atom is 0.0476 e. The number of aryl methyl sites for hydroxylation is 2. The molecular weight excluding hydrogens is 258 g/mol. The number of hydrogen-bond donors (Lipinski definition) is 1. The second-order valence-electron chi connectivity index (χ2n) is 6.79. The molecule has 1 aliphatic rings. The van der Waals surface area contributed by atoms with Gasteiger partial charge in [0.2, 0.25) is 0 Å². The summed E-state index contributed by atoms with van der Waals surface area (Å²) in [4.78, 5) is 5.16. The fourth-order valence-electron chi connectivity index (χ4n) is 3.58. The predicted octanol–water partition coefficient (Wildman–Crippen LogP) is 2.58. The summed E-state index contributed by atoms with van der Waals surface area (Å²) < 4.78 is 0. The van der Waals surface area contributed by atoms with Crippen molar-refractivity contribution in [3.05, 3.63) is 34.9 Å². The molecule has 2 rings (SSSR count). The van der Waals surface area contributed by atoms with Crippen LogP contribution in [0.3, 0.4) is 0 Å². The van der Waals surface area contributed by atoms with E-state index in [0.717, 1.165) is 19.0 Å². The highest BCUT2D eigenvalue weighted by Crippen LogP contribution is 2.27. The molecule has 118 valence electrons. The van der Waals surface area contributed by atoms with Crippen molar-refractivity contribution in [1.82, 2.24) is 9.80 Å². The third-order valence-electron chi connectivity index (χ3n) is 4.57. The highest BCUT2D eigenvalue weighted by Gasteiger charge is 2.26. The highest BCUT2D eigenvalue weighted by atomic mass is 15.3. The molecule has 1 unspecified atom stereocenters. The number of rotatable bonds is 5. The molecule has 0 aromatic heterocycles. The standard InChI is InChI=1S/C18H31N3/c1-14(2)13-20-8-10-21(11-9-20)17(12-19)18-15(3)6-5-7-16(18)4/h5-7,14,17H,8-13,19H2,1-4H3. The van der Waals surface area contributed by atoms with Crippen molar-refractivity contribution in [1.29, 1.82) is 0 Å². The Hall–Kier alpha value is -0.900. The Labute approximate surface area is 130 Å². The van der Waals surface area contributed by atoms with Crippen LogP contribution in [0.25, 0.3) is 0 Å². The number of nitrogens with two attached hydrogens (primary N) is 1. The summed E-state index contributed by atoms with van der Waals surface area (Å²) >= 11 is 0. The Balaban J connectivity index is 2.06. The second kappa shape index (κ2) is 7.39. The summed E-state index contributed by atoms with van der Waals surface area (Å²) in [6.45, 7) is 15.5. The van der Waals surface area contributed by atoms with Gasteiger partial charge in [0.05, 0.1) is 0 Å². The fourth-order valence-corrected chi connectivity index (χ4v) is 3.58. The van der Waals surface area contributed by atoms with Crippen molar-refractivity contribution in [2.24, 2.45) is 11.7 Å². The van der Waals surface area contributed by atoms with E-state index in [1.807, 2.05) is 0 Å². The van der Waals surface area contributed by atoms with Crippen molar-refractivity contribution in [2.75, 3.05) is 39.3 Å². The molecule has 3 heteroatoms. The molecule has 1 aliphatic heterocycles. The zero-order valence-corrected chi connectivity index (χ0v) is 14.1. The third-order valence-corrected chi connectivity index (χ3v) is 4.57. The first-order chi connectivity index (χ1) is 10.0. The molecule has 1 heterocycles. The van der Waals surface area contributed by atoms with E-state index >= 15 is 0 Å². The summed E-state index contributed by atoms with van der Waals surface area (Å²) in [5.74, 6) is 0.750. The predicted molar refractivity (Wildman–Crippen MR) is 90.6 cm³/mol. The average Bonchev–Trinajstić information content (AvgIpc) is 2.44. The van der Waals surface area contributed by atoms with Gasteiger partial charge in [-0.05, 0) is 36.5 Å². The zero-order chi connectivity index (χ0) is 15.4. The summed E-state index contributed by atoms with van der Waals surface area (Å²) in [5.41, 5.74) is 10.3. The van der Waals surface area contributed by atoms with E-state index in [4.69, 9.17) is 5.73 Å². The van der Waals surface area contributed by atoms with Gasteiger partial charge in [-0.25, -0.2) is 0 Å². The van der Waals surface area contributed by atoms with E-state index < -0.39 is 0 Å². The first-order valence-corrected chi connectivity index (χ1v) is 8.25. The Morgan fingerprint density at radius 3 is 2.10 bits per heavy atom. The molecule has 2 N–H and O–H groups in total. The topological polar surface area (TPSA) is 32.5 Å². The van der Waals surface area contributed by atoms with Crippen molar-refractivity contribution in [3.8, 4) is 0 Å². The fraction of sp³-hybridized carbons (Fsp3) is 0.667. The lowest BCUT2D eigenvalue weighted by Crippen LogP contribution is -2.50. The van der Waals surface area contributed by atoms with E-state index in [0.29, 0.717) is 12.6 Å². The average molecular weight is 289 g/mol. The first-order valence-electron chi connectivity index (χ1n) is 8.25. The second-order valence-corrected chi connectivity index (χ2v) is 6.79. The molecule has 0 amide bonds. The number of nitrogens with zero attached hydrogens (tertiary/aromatic N) is 2. The van der Waals surface area contributed by atoms with Gasteiger partial charge in [-0.15, -0.1) is 0 Å². The molecule has 21 heavy (non-hydrogen) atoms. The third kappa shape index (κ3) is 4.06. The maximum atomic E-state index is 6.13. The van der Waals surface area contributed by atoms with Gasteiger partial charge in [0.15, 0.2) is 0 Å². The molecule has 1 fully saturated rings. The van der Waals surface area contributed by atoms with Gasteiger partial charge in [0.1, 0.15) is 0 Å². The molecule has 1 aromatic carbocycles. The van der Waals surface area contributed by atoms with Crippen LogP contribution in [0.5, 0.6) is 0 Å². The first kappa shape index (κ1) is 16.5. The number of benzene rings is 1. The van der Waals surface area contributed by atoms with Crippen molar-refractivity contribution in [2.45, 2.75) is 33.7 Å². The molecule has 0 spiro atoms. The smallest absolute Gasteiger partial charge is 0.0476 e. The molecule has 0 aliphatic carbocycles. The summed E-state index contributed by atoms with van der Waals surface area (Å²) in [6.07, 6.45) is 0. The van der Waals surface area contributed by atoms with Crippen LogP contribution >= 0.6 is 0 Å². The molecule has 1 saturated heterocycles. The molecule has 1 atom stereocenters. The van der Waals surface area contributed by atoms with E-state index in [1.165, 1.54) is 36.3 Å². The van der Waals surface area contributed by atoms with Crippen molar-refractivity contribution >= 4 is 0 Å². The molecule has 0 bridgehead atoms. The Morgan fingerprint density at radius 1 is 1.05 bits per heavy atom. The number of hydrogen-bond acceptors (Lipinski definition) is 3. The van der Waals surface area contributed by atoms with Crippen LogP contribution in [-0.4, -0.2) is 49.1 Å². The van der Waals surface area contributed by atoms with Gasteiger partial charge in [-0.2, -0.15) is 0 Å². The lowest BCUT2D eigenvalue weighted by molar-refractivity contribution is 0.0908. The molecule has 3 nitrogen and oxygen atoms in total. The van der Waals surface area contributed by atoms with E-state index in [1.54, 1.807) is 0 Å². The normalized spacial score (nSPS) is 19.1. The van der Waals surface area contributed by atoms with Gasteiger partial charge in [-0.3, -0.25) is 4.90 Å². The zero-order valence-electron chi connectivity index (χ0n) is 14.1. The Bertz CT molecular complexity index is 428. The van der Waals surface area contributed by atoms with Crippen molar-refractivity contribution < 1.29 is 0 Å². The van der Waals surface area contributed by atoms with Gasteiger partial charge in [0, 0.05) is 45.3 Å².